The molecule has 0 saturated carbocycles. The molecule has 0 unspecified atom stereocenters. The Balaban J connectivity index is 1.66. The monoisotopic (exact) mass is 425 g/mol. The van der Waals surface area contributed by atoms with Gasteiger partial charge in [-0.1, -0.05) is 23.7 Å². The van der Waals surface area contributed by atoms with Gasteiger partial charge in [0.1, 0.15) is 12.4 Å². The number of pyridine rings is 1. The number of halogens is 1. The van der Waals surface area contributed by atoms with Crippen molar-refractivity contribution < 1.29 is 19.4 Å². The van der Waals surface area contributed by atoms with E-state index in [-0.39, 0.29) is 5.56 Å². The molecule has 0 radical (unpaired) electrons. The van der Waals surface area contributed by atoms with E-state index in [2.05, 4.69) is 15.5 Å². The third-order valence-electron chi connectivity index (χ3n) is 3.95. The summed E-state index contributed by atoms with van der Waals surface area (Å²) < 4.78 is 11.6. The number of rotatable bonds is 9. The van der Waals surface area contributed by atoms with E-state index in [0.717, 1.165) is 11.1 Å². The summed E-state index contributed by atoms with van der Waals surface area (Å²) in [5.74, 6) is 0.627. The van der Waals surface area contributed by atoms with Crippen molar-refractivity contribution in [1.29, 1.82) is 0 Å². The summed E-state index contributed by atoms with van der Waals surface area (Å²) in [7, 11) is 0. The highest BCUT2D eigenvalue weighted by Gasteiger charge is 2.07. The van der Waals surface area contributed by atoms with Crippen molar-refractivity contribution in [2.45, 2.75) is 13.5 Å². The molecule has 0 spiro atoms. The molecule has 1 aromatic heterocycles. The summed E-state index contributed by atoms with van der Waals surface area (Å²) in [4.78, 5) is 14.8. The zero-order valence-electron chi connectivity index (χ0n) is 16.2. The maximum absolute atomic E-state index is 10.8. The molecular formula is C22H20ClN3O4. The molecule has 3 aromatic rings. The number of nitrogens with one attached hydrogen (secondary N) is 1. The van der Waals surface area contributed by atoms with Gasteiger partial charge >= 0.3 is 5.97 Å². The van der Waals surface area contributed by atoms with E-state index in [9.17, 15) is 4.79 Å². The van der Waals surface area contributed by atoms with Crippen LogP contribution in [0.2, 0.25) is 5.02 Å². The van der Waals surface area contributed by atoms with Crippen molar-refractivity contribution in [2.24, 2.45) is 5.10 Å². The van der Waals surface area contributed by atoms with Crippen LogP contribution in [0.15, 0.2) is 65.9 Å². The molecule has 0 amide bonds. The summed E-state index contributed by atoms with van der Waals surface area (Å²) in [6.07, 6.45) is 2.87. The molecule has 3 rings (SSSR count). The first kappa shape index (κ1) is 21.1. The molecule has 154 valence electrons. The van der Waals surface area contributed by atoms with Crippen molar-refractivity contribution in [1.82, 2.24) is 4.98 Å². The number of anilines is 1. The molecule has 2 aromatic carbocycles. The lowest BCUT2D eigenvalue weighted by atomic mass is 10.2. The molecular weight excluding hydrogens is 406 g/mol. The lowest BCUT2D eigenvalue weighted by Crippen LogP contribution is -2.01. The lowest BCUT2D eigenvalue weighted by Gasteiger charge is -2.12. The number of hydrogen-bond acceptors (Lipinski definition) is 6. The van der Waals surface area contributed by atoms with Crippen molar-refractivity contribution in [3.05, 3.63) is 82.5 Å². The largest absolute Gasteiger partial charge is 0.490 e. The van der Waals surface area contributed by atoms with Crippen molar-refractivity contribution >= 4 is 29.6 Å². The van der Waals surface area contributed by atoms with Crippen LogP contribution >= 0.6 is 11.6 Å². The normalized spacial score (nSPS) is 10.7. The highest BCUT2D eigenvalue weighted by Crippen LogP contribution is 2.29. The highest BCUT2D eigenvalue weighted by molar-refractivity contribution is 6.30. The number of nitrogens with zero attached hydrogens (tertiary/aromatic N) is 2. The van der Waals surface area contributed by atoms with Crippen LogP contribution in [0.1, 0.15) is 28.4 Å². The summed E-state index contributed by atoms with van der Waals surface area (Å²) >= 11 is 6.01. The smallest absolute Gasteiger partial charge is 0.337 e. The number of ether oxygens (including phenoxy) is 2. The second-order valence-corrected chi connectivity index (χ2v) is 6.60. The predicted octanol–water partition coefficient (Wildman–Crippen LogP) is 4.86. The Kier molecular flexibility index (Phi) is 7.24. The number of aromatic carboxylic acids is 1. The van der Waals surface area contributed by atoms with E-state index in [4.69, 9.17) is 26.2 Å². The van der Waals surface area contributed by atoms with Crippen molar-refractivity contribution in [3.63, 3.8) is 0 Å². The molecule has 0 atom stereocenters. The van der Waals surface area contributed by atoms with Gasteiger partial charge in [-0.2, -0.15) is 5.10 Å². The third-order valence-corrected chi connectivity index (χ3v) is 4.19. The molecule has 0 saturated heterocycles. The van der Waals surface area contributed by atoms with Crippen LogP contribution in [0.4, 0.5) is 5.82 Å². The average molecular weight is 426 g/mol. The van der Waals surface area contributed by atoms with Crippen LogP contribution in [0.3, 0.4) is 0 Å². The quantitative estimate of drug-likeness (QED) is 0.375. The van der Waals surface area contributed by atoms with Gasteiger partial charge in [0.2, 0.25) is 0 Å². The first-order valence-electron chi connectivity index (χ1n) is 9.17. The summed E-state index contributed by atoms with van der Waals surface area (Å²) in [5, 5.41) is 13.7. The second kappa shape index (κ2) is 10.3. The molecule has 0 aliphatic carbocycles. The maximum atomic E-state index is 10.8. The lowest BCUT2D eigenvalue weighted by molar-refractivity contribution is 0.0696. The number of carboxylic acids is 1. The minimum atomic E-state index is -1.03. The molecule has 8 heteroatoms. The molecule has 30 heavy (non-hydrogen) atoms. The fourth-order valence-corrected chi connectivity index (χ4v) is 2.75. The molecule has 0 aliphatic heterocycles. The van der Waals surface area contributed by atoms with Crippen LogP contribution in [-0.4, -0.2) is 28.9 Å². The average Bonchev–Trinajstić information content (AvgIpc) is 2.74. The number of hydrazone groups is 1. The summed E-state index contributed by atoms with van der Waals surface area (Å²) in [6.45, 7) is 2.76. The van der Waals surface area contributed by atoms with Crippen molar-refractivity contribution in [2.75, 3.05) is 12.0 Å². The fourth-order valence-electron chi connectivity index (χ4n) is 2.54. The SMILES string of the molecule is CCOc1cc(/C=N/Nc2ccc(C(=O)O)cn2)ccc1OCc1cccc(Cl)c1. The molecule has 1 heterocycles. The van der Waals surface area contributed by atoms with Crippen molar-refractivity contribution in [3.8, 4) is 11.5 Å². The maximum Gasteiger partial charge on any atom is 0.337 e. The molecule has 2 N–H and O–H groups in total. The first-order chi connectivity index (χ1) is 14.5. The Morgan fingerprint density at radius 1 is 1.17 bits per heavy atom. The fraction of sp³-hybridized carbons (Fsp3) is 0.136. The standard InChI is InChI=1S/C22H20ClN3O4/c1-2-29-20-11-15(12-25-26-21-9-7-17(13-24-21)22(27)28)6-8-19(20)30-14-16-4-3-5-18(23)10-16/h3-13H,2,14H2,1H3,(H,24,26)(H,27,28)/b25-12+. The molecule has 0 fully saturated rings. The Hall–Kier alpha value is -3.58. The zero-order valence-corrected chi connectivity index (χ0v) is 17.0. The Morgan fingerprint density at radius 3 is 2.73 bits per heavy atom. The topological polar surface area (TPSA) is 93.0 Å². The van der Waals surface area contributed by atoms with E-state index in [1.807, 2.05) is 49.4 Å². The highest BCUT2D eigenvalue weighted by atomic mass is 35.5. The van der Waals surface area contributed by atoms with Gasteiger partial charge in [0.05, 0.1) is 18.4 Å². The summed E-state index contributed by atoms with van der Waals surface area (Å²) in [6, 6.07) is 16.0. The van der Waals surface area contributed by atoms with E-state index in [1.54, 1.807) is 12.3 Å². The Bertz CT molecular complexity index is 1040. The number of carboxylic acid groups (broad SMARTS) is 1. The van der Waals surface area contributed by atoms with E-state index in [1.165, 1.54) is 12.3 Å². The summed E-state index contributed by atoms with van der Waals surface area (Å²) in [5.41, 5.74) is 4.62. The molecule has 0 bridgehead atoms. The van der Waals surface area contributed by atoms with E-state index < -0.39 is 5.97 Å². The number of hydrogen-bond donors (Lipinski definition) is 2. The van der Waals surface area contributed by atoms with Gasteiger partial charge in [-0.25, -0.2) is 9.78 Å². The van der Waals surface area contributed by atoms with Crippen LogP contribution in [0, 0.1) is 0 Å². The van der Waals surface area contributed by atoms with Gasteiger partial charge in [-0.15, -0.1) is 0 Å². The minimum absolute atomic E-state index is 0.110. The number of aromatic nitrogens is 1. The van der Waals surface area contributed by atoms with Crippen LogP contribution in [0.5, 0.6) is 11.5 Å². The van der Waals surface area contributed by atoms with Gasteiger partial charge < -0.3 is 14.6 Å². The van der Waals surface area contributed by atoms with Gasteiger partial charge in [-0.3, -0.25) is 5.43 Å². The third kappa shape index (κ3) is 5.96. The predicted molar refractivity (Wildman–Crippen MR) is 116 cm³/mol. The number of carbonyl (C=O) groups is 1. The van der Waals surface area contributed by atoms with Crippen LogP contribution in [-0.2, 0) is 6.61 Å². The van der Waals surface area contributed by atoms with Gasteiger partial charge in [0.25, 0.3) is 0 Å². The molecule has 0 aliphatic rings. The van der Waals surface area contributed by atoms with Gasteiger partial charge in [-0.05, 0) is 60.5 Å². The number of benzene rings is 2. The first-order valence-corrected chi connectivity index (χ1v) is 9.55. The van der Waals surface area contributed by atoms with E-state index >= 15 is 0 Å². The second-order valence-electron chi connectivity index (χ2n) is 6.17. The minimum Gasteiger partial charge on any atom is -0.490 e. The van der Waals surface area contributed by atoms with Gasteiger partial charge in [0.15, 0.2) is 11.5 Å². The van der Waals surface area contributed by atoms with Crippen LogP contribution < -0.4 is 14.9 Å². The Morgan fingerprint density at radius 2 is 2.03 bits per heavy atom. The zero-order chi connectivity index (χ0) is 21.3. The molecule has 7 nitrogen and oxygen atoms in total. The van der Waals surface area contributed by atoms with Gasteiger partial charge in [0, 0.05) is 11.2 Å². The Labute approximate surface area is 178 Å². The van der Waals surface area contributed by atoms with E-state index in [0.29, 0.717) is 35.6 Å². The van der Waals surface area contributed by atoms with Crippen LogP contribution in [0.25, 0.3) is 0 Å².